The summed E-state index contributed by atoms with van der Waals surface area (Å²) in [5.74, 6) is 0.723. The third kappa shape index (κ3) is 2.39. The van der Waals surface area contributed by atoms with Gasteiger partial charge in [0.1, 0.15) is 0 Å². The van der Waals surface area contributed by atoms with E-state index in [0.717, 1.165) is 30.6 Å². The van der Waals surface area contributed by atoms with Gasteiger partial charge in [-0.15, -0.1) is 0 Å². The molecule has 1 aliphatic heterocycles. The Morgan fingerprint density at radius 2 is 2.05 bits per heavy atom. The minimum Gasteiger partial charge on any atom is -0.330 e. The molecule has 0 bridgehead atoms. The van der Waals surface area contributed by atoms with Gasteiger partial charge in [-0.1, -0.05) is 19.1 Å². The molecule has 0 radical (unpaired) electrons. The molecule has 1 amide bonds. The molecule has 19 heavy (non-hydrogen) atoms. The topological polar surface area (TPSA) is 46.3 Å². The van der Waals surface area contributed by atoms with Gasteiger partial charge in [-0.05, 0) is 56.3 Å². The number of carbonyl (C=O) groups excluding carboxylic acids is 1. The summed E-state index contributed by atoms with van der Waals surface area (Å²) in [6, 6.07) is 6.40. The molecule has 0 aromatic heterocycles. The number of anilines is 1. The summed E-state index contributed by atoms with van der Waals surface area (Å²) in [6.45, 7) is 6.92. The van der Waals surface area contributed by atoms with Gasteiger partial charge in [-0.3, -0.25) is 4.79 Å². The van der Waals surface area contributed by atoms with Gasteiger partial charge >= 0.3 is 0 Å². The van der Waals surface area contributed by atoms with E-state index < -0.39 is 5.41 Å². The van der Waals surface area contributed by atoms with Crippen LogP contribution >= 0.6 is 0 Å². The normalized spacial score (nSPS) is 18.6. The zero-order valence-electron chi connectivity index (χ0n) is 12.4. The fraction of sp³-hybridized carbons (Fsp3) is 0.562. The molecule has 0 fully saturated rings. The van der Waals surface area contributed by atoms with Gasteiger partial charge in [-0.25, -0.2) is 0 Å². The van der Waals surface area contributed by atoms with Crippen LogP contribution in [0.2, 0.25) is 0 Å². The Bertz CT molecular complexity index is 494. The lowest BCUT2D eigenvalue weighted by atomic mass is 9.85. The van der Waals surface area contributed by atoms with Crippen molar-refractivity contribution in [3.8, 4) is 0 Å². The van der Waals surface area contributed by atoms with Crippen molar-refractivity contribution in [3.63, 3.8) is 0 Å². The highest BCUT2D eigenvalue weighted by Gasteiger charge is 2.42. The molecule has 0 aliphatic carbocycles. The van der Waals surface area contributed by atoms with E-state index in [-0.39, 0.29) is 5.91 Å². The number of rotatable bonds is 4. The summed E-state index contributed by atoms with van der Waals surface area (Å²) < 4.78 is 0. The predicted molar refractivity (Wildman–Crippen MR) is 79.4 cm³/mol. The van der Waals surface area contributed by atoms with E-state index in [1.54, 1.807) is 4.90 Å². The highest BCUT2D eigenvalue weighted by molar-refractivity contribution is 6.07. The van der Waals surface area contributed by atoms with E-state index >= 15 is 0 Å². The molecule has 1 aromatic rings. The van der Waals surface area contributed by atoms with Gasteiger partial charge in [-0.2, -0.15) is 0 Å². The summed E-state index contributed by atoms with van der Waals surface area (Å²) >= 11 is 0. The maximum atomic E-state index is 12.2. The Labute approximate surface area is 115 Å². The molecule has 2 rings (SSSR count). The second kappa shape index (κ2) is 4.97. The lowest BCUT2D eigenvalue weighted by Gasteiger charge is -2.17. The maximum Gasteiger partial charge on any atom is 0.236 e. The van der Waals surface area contributed by atoms with E-state index in [9.17, 15) is 4.79 Å². The largest absolute Gasteiger partial charge is 0.330 e. The Kier molecular flexibility index (Phi) is 3.68. The van der Waals surface area contributed by atoms with Crippen molar-refractivity contribution in [3.05, 3.63) is 29.3 Å². The average molecular weight is 260 g/mol. The number of benzene rings is 1. The molecule has 1 aliphatic rings. The number of fused-ring (bicyclic) bond motifs is 1. The van der Waals surface area contributed by atoms with Crippen molar-refractivity contribution in [2.45, 2.75) is 39.0 Å². The van der Waals surface area contributed by atoms with Crippen LogP contribution in [0.5, 0.6) is 0 Å². The van der Waals surface area contributed by atoms with Crippen LogP contribution < -0.4 is 10.6 Å². The highest BCUT2D eigenvalue weighted by atomic mass is 16.2. The Morgan fingerprint density at radius 3 is 2.68 bits per heavy atom. The molecule has 1 heterocycles. The van der Waals surface area contributed by atoms with Crippen molar-refractivity contribution in [1.29, 1.82) is 0 Å². The summed E-state index contributed by atoms with van der Waals surface area (Å²) in [6.07, 6.45) is 2.12. The smallest absolute Gasteiger partial charge is 0.236 e. The van der Waals surface area contributed by atoms with Gasteiger partial charge < -0.3 is 10.6 Å². The van der Waals surface area contributed by atoms with E-state index in [1.165, 1.54) is 5.56 Å². The fourth-order valence-electron chi connectivity index (χ4n) is 2.71. The minimum absolute atomic E-state index is 0.176. The molecular weight excluding hydrogens is 236 g/mol. The standard InChI is InChI=1S/C16H24N2O/c1-11(10-17)5-6-12-7-8-14-13(9-12)16(2,3)15(19)18(14)4/h7-9,11H,5-6,10,17H2,1-4H3. The van der Waals surface area contributed by atoms with Gasteiger partial charge in [0.15, 0.2) is 0 Å². The molecule has 104 valence electrons. The summed E-state index contributed by atoms with van der Waals surface area (Å²) in [5, 5.41) is 0. The molecule has 3 heteroatoms. The van der Waals surface area contributed by atoms with Gasteiger partial charge in [0.25, 0.3) is 0 Å². The second-order valence-electron chi connectivity index (χ2n) is 6.22. The second-order valence-corrected chi connectivity index (χ2v) is 6.22. The predicted octanol–water partition coefficient (Wildman–Crippen LogP) is 2.47. The van der Waals surface area contributed by atoms with Crippen molar-refractivity contribution in [1.82, 2.24) is 0 Å². The molecule has 0 saturated carbocycles. The van der Waals surface area contributed by atoms with E-state index in [0.29, 0.717) is 5.92 Å². The lowest BCUT2D eigenvalue weighted by molar-refractivity contribution is -0.121. The molecule has 0 spiro atoms. The highest BCUT2D eigenvalue weighted by Crippen LogP contribution is 2.41. The monoisotopic (exact) mass is 260 g/mol. The van der Waals surface area contributed by atoms with Crippen LogP contribution in [0.4, 0.5) is 5.69 Å². The van der Waals surface area contributed by atoms with Crippen molar-refractivity contribution < 1.29 is 4.79 Å². The molecule has 1 unspecified atom stereocenters. The molecule has 1 aromatic carbocycles. The van der Waals surface area contributed by atoms with Gasteiger partial charge in [0.2, 0.25) is 5.91 Å². The molecule has 2 N–H and O–H groups in total. The first kappa shape index (κ1) is 14.1. The number of hydrogen-bond donors (Lipinski definition) is 1. The summed E-state index contributed by atoms with van der Waals surface area (Å²) in [7, 11) is 1.85. The SMILES string of the molecule is CC(CN)CCc1ccc2c(c1)C(C)(C)C(=O)N2C. The van der Waals surface area contributed by atoms with Crippen LogP contribution in [0.1, 0.15) is 38.3 Å². The van der Waals surface area contributed by atoms with E-state index in [2.05, 4.69) is 25.1 Å². The van der Waals surface area contributed by atoms with Crippen molar-refractivity contribution in [2.24, 2.45) is 11.7 Å². The number of nitrogens with zero attached hydrogens (tertiary/aromatic N) is 1. The van der Waals surface area contributed by atoms with Crippen molar-refractivity contribution >= 4 is 11.6 Å². The zero-order chi connectivity index (χ0) is 14.2. The maximum absolute atomic E-state index is 12.2. The fourth-order valence-corrected chi connectivity index (χ4v) is 2.71. The number of nitrogens with two attached hydrogens (primary N) is 1. The number of likely N-dealkylation sites (N-methyl/N-ethyl adjacent to an activating group) is 1. The van der Waals surface area contributed by atoms with Gasteiger partial charge in [0, 0.05) is 12.7 Å². The quantitative estimate of drug-likeness (QED) is 0.904. The van der Waals surface area contributed by atoms with Crippen molar-refractivity contribution in [2.75, 3.05) is 18.5 Å². The van der Waals surface area contributed by atoms with Crippen LogP contribution in [0.15, 0.2) is 18.2 Å². The lowest BCUT2D eigenvalue weighted by Crippen LogP contribution is -2.33. The third-order valence-electron chi connectivity index (χ3n) is 4.26. The van der Waals surface area contributed by atoms with E-state index in [1.807, 2.05) is 20.9 Å². The van der Waals surface area contributed by atoms with Crippen LogP contribution in [0.25, 0.3) is 0 Å². The van der Waals surface area contributed by atoms with Crippen LogP contribution in [0, 0.1) is 5.92 Å². The first-order valence-corrected chi connectivity index (χ1v) is 6.99. The number of carbonyl (C=O) groups is 1. The summed E-state index contributed by atoms with van der Waals surface area (Å²) in [5.41, 5.74) is 8.75. The molecule has 0 saturated heterocycles. The first-order chi connectivity index (χ1) is 8.87. The Balaban J connectivity index is 2.25. The Hall–Kier alpha value is -1.35. The molecule has 3 nitrogen and oxygen atoms in total. The summed E-state index contributed by atoms with van der Waals surface area (Å²) in [4.78, 5) is 14.0. The third-order valence-corrected chi connectivity index (χ3v) is 4.26. The molecular formula is C16H24N2O. The van der Waals surface area contributed by atoms with Crippen LogP contribution in [-0.2, 0) is 16.6 Å². The minimum atomic E-state index is -0.403. The van der Waals surface area contributed by atoms with Crippen LogP contribution in [-0.4, -0.2) is 19.5 Å². The van der Waals surface area contributed by atoms with Gasteiger partial charge in [0.05, 0.1) is 5.41 Å². The number of aryl methyl sites for hydroxylation is 1. The average Bonchev–Trinajstić information content (AvgIpc) is 2.57. The van der Waals surface area contributed by atoms with E-state index in [4.69, 9.17) is 5.73 Å². The Morgan fingerprint density at radius 1 is 1.37 bits per heavy atom. The number of hydrogen-bond acceptors (Lipinski definition) is 2. The van der Waals surface area contributed by atoms with Crippen LogP contribution in [0.3, 0.4) is 0 Å². The molecule has 1 atom stereocenters. The zero-order valence-corrected chi connectivity index (χ0v) is 12.4. The number of amides is 1. The first-order valence-electron chi connectivity index (χ1n) is 6.99.